The second-order valence-electron chi connectivity index (χ2n) is 2.81. The van der Waals surface area contributed by atoms with Crippen molar-refractivity contribution in [1.29, 1.82) is 0 Å². The zero-order valence-corrected chi connectivity index (χ0v) is 8.70. The van der Waals surface area contributed by atoms with E-state index in [9.17, 15) is 0 Å². The Morgan fingerprint density at radius 3 is 2.46 bits per heavy atom. The molecule has 5 heteroatoms. The maximum atomic E-state index is 5.25. The van der Waals surface area contributed by atoms with Gasteiger partial charge in [0.25, 0.3) is 0 Å². The molecule has 13 heavy (non-hydrogen) atoms. The number of halogens is 1. The maximum Gasteiger partial charge on any atom is 0.196 e. The molecule has 1 aliphatic heterocycles. The summed E-state index contributed by atoms with van der Waals surface area (Å²) in [6, 6.07) is 0. The van der Waals surface area contributed by atoms with Crippen LogP contribution in [0.3, 0.4) is 0 Å². The lowest BCUT2D eigenvalue weighted by molar-refractivity contribution is 0.122. The van der Waals surface area contributed by atoms with Gasteiger partial charge in [-0.05, 0) is 15.9 Å². The smallest absolute Gasteiger partial charge is 0.196 e. The van der Waals surface area contributed by atoms with Gasteiger partial charge in [-0.25, -0.2) is 9.97 Å². The predicted molar refractivity (Wildman–Crippen MR) is 52.8 cm³/mol. The van der Waals surface area contributed by atoms with Crippen LogP contribution >= 0.6 is 15.9 Å². The van der Waals surface area contributed by atoms with E-state index < -0.39 is 0 Å². The van der Waals surface area contributed by atoms with Crippen molar-refractivity contribution in [3.05, 3.63) is 17.1 Å². The van der Waals surface area contributed by atoms with E-state index in [1.54, 1.807) is 0 Å². The van der Waals surface area contributed by atoms with Gasteiger partial charge in [0, 0.05) is 13.1 Å². The molecule has 4 nitrogen and oxygen atoms in total. The van der Waals surface area contributed by atoms with E-state index in [0.717, 1.165) is 32.0 Å². The standard InChI is InChI=1S/C8H10BrN3O/c9-8-10-5-7(6-11-8)12-1-3-13-4-2-12/h5-6H,1-4H2. The minimum Gasteiger partial charge on any atom is -0.378 e. The lowest BCUT2D eigenvalue weighted by atomic mass is 10.4. The number of rotatable bonds is 1. The van der Waals surface area contributed by atoms with E-state index in [0.29, 0.717) is 4.73 Å². The Balaban J connectivity index is 2.10. The molecule has 0 saturated carbocycles. The summed E-state index contributed by atoms with van der Waals surface area (Å²) in [6.07, 6.45) is 3.64. The average molecular weight is 244 g/mol. The molecule has 0 radical (unpaired) electrons. The maximum absolute atomic E-state index is 5.25. The summed E-state index contributed by atoms with van der Waals surface area (Å²) in [5.41, 5.74) is 1.06. The number of nitrogens with zero attached hydrogens (tertiary/aromatic N) is 3. The second-order valence-corrected chi connectivity index (χ2v) is 3.52. The molecular formula is C8H10BrN3O. The van der Waals surface area contributed by atoms with Gasteiger partial charge in [-0.3, -0.25) is 0 Å². The molecule has 0 amide bonds. The number of ether oxygens (including phenoxy) is 1. The summed E-state index contributed by atoms with van der Waals surface area (Å²) in [6.45, 7) is 3.42. The molecule has 1 saturated heterocycles. The summed E-state index contributed by atoms with van der Waals surface area (Å²) in [5.74, 6) is 0. The fourth-order valence-electron chi connectivity index (χ4n) is 1.29. The molecule has 1 fully saturated rings. The molecule has 0 unspecified atom stereocenters. The van der Waals surface area contributed by atoms with Gasteiger partial charge < -0.3 is 9.64 Å². The summed E-state index contributed by atoms with van der Waals surface area (Å²) >= 11 is 3.20. The van der Waals surface area contributed by atoms with Crippen LogP contribution in [0.15, 0.2) is 17.1 Å². The summed E-state index contributed by atoms with van der Waals surface area (Å²) in [5, 5.41) is 0. The van der Waals surface area contributed by atoms with E-state index in [1.165, 1.54) is 0 Å². The van der Waals surface area contributed by atoms with Crippen molar-refractivity contribution in [3.63, 3.8) is 0 Å². The van der Waals surface area contributed by atoms with Crippen LogP contribution < -0.4 is 4.90 Å². The highest BCUT2D eigenvalue weighted by Crippen LogP contribution is 2.13. The van der Waals surface area contributed by atoms with Crippen LogP contribution in [-0.2, 0) is 4.74 Å². The number of morpholine rings is 1. The topological polar surface area (TPSA) is 38.2 Å². The van der Waals surface area contributed by atoms with Crippen molar-refractivity contribution in [2.45, 2.75) is 0 Å². The van der Waals surface area contributed by atoms with Crippen LogP contribution in [0.1, 0.15) is 0 Å². The van der Waals surface area contributed by atoms with E-state index in [2.05, 4.69) is 30.8 Å². The first-order valence-electron chi connectivity index (χ1n) is 4.16. The van der Waals surface area contributed by atoms with Crippen LogP contribution in [0.5, 0.6) is 0 Å². The number of aromatic nitrogens is 2. The Morgan fingerprint density at radius 2 is 1.85 bits per heavy atom. The average Bonchev–Trinajstić information content (AvgIpc) is 2.20. The summed E-state index contributed by atoms with van der Waals surface area (Å²) in [7, 11) is 0. The largest absolute Gasteiger partial charge is 0.378 e. The zero-order chi connectivity index (χ0) is 9.10. The number of hydrogen-bond donors (Lipinski definition) is 0. The molecule has 70 valence electrons. The van der Waals surface area contributed by atoms with E-state index in [4.69, 9.17) is 4.74 Å². The zero-order valence-electron chi connectivity index (χ0n) is 7.11. The highest BCUT2D eigenvalue weighted by molar-refractivity contribution is 9.10. The fraction of sp³-hybridized carbons (Fsp3) is 0.500. The van der Waals surface area contributed by atoms with Gasteiger partial charge in [0.1, 0.15) is 0 Å². The first-order valence-corrected chi connectivity index (χ1v) is 4.96. The number of hydrogen-bond acceptors (Lipinski definition) is 4. The SMILES string of the molecule is Brc1ncc(N2CCOCC2)cn1. The van der Waals surface area contributed by atoms with Crippen LogP contribution in [0.4, 0.5) is 5.69 Å². The molecule has 0 spiro atoms. The molecule has 1 aromatic rings. The van der Waals surface area contributed by atoms with E-state index >= 15 is 0 Å². The lowest BCUT2D eigenvalue weighted by Crippen LogP contribution is -2.36. The quantitative estimate of drug-likeness (QED) is 0.693. The third-order valence-corrected chi connectivity index (χ3v) is 2.39. The first-order chi connectivity index (χ1) is 6.36. The van der Waals surface area contributed by atoms with Gasteiger partial charge in [-0.2, -0.15) is 0 Å². The Kier molecular flexibility index (Phi) is 2.75. The molecule has 0 atom stereocenters. The Bertz CT molecular complexity index is 271. The van der Waals surface area contributed by atoms with Gasteiger partial charge in [-0.1, -0.05) is 0 Å². The van der Waals surface area contributed by atoms with Gasteiger partial charge >= 0.3 is 0 Å². The van der Waals surface area contributed by atoms with Crippen molar-refractivity contribution in [1.82, 2.24) is 9.97 Å². The van der Waals surface area contributed by atoms with Crippen molar-refractivity contribution in [3.8, 4) is 0 Å². The minimum absolute atomic E-state index is 0.629. The minimum atomic E-state index is 0.629. The van der Waals surface area contributed by atoms with Gasteiger partial charge in [0.15, 0.2) is 4.73 Å². The molecule has 0 aromatic carbocycles. The van der Waals surface area contributed by atoms with Crippen molar-refractivity contribution in [2.24, 2.45) is 0 Å². The van der Waals surface area contributed by atoms with Gasteiger partial charge in [-0.15, -0.1) is 0 Å². The molecule has 0 N–H and O–H groups in total. The van der Waals surface area contributed by atoms with Crippen molar-refractivity contribution >= 4 is 21.6 Å². The third-order valence-electron chi connectivity index (χ3n) is 1.98. The molecule has 2 heterocycles. The van der Waals surface area contributed by atoms with E-state index in [1.807, 2.05) is 12.4 Å². The highest BCUT2D eigenvalue weighted by atomic mass is 79.9. The monoisotopic (exact) mass is 243 g/mol. The van der Waals surface area contributed by atoms with Crippen LogP contribution in [0.25, 0.3) is 0 Å². The van der Waals surface area contributed by atoms with Crippen LogP contribution in [0.2, 0.25) is 0 Å². The summed E-state index contributed by atoms with van der Waals surface area (Å²) < 4.78 is 5.88. The molecule has 1 aromatic heterocycles. The van der Waals surface area contributed by atoms with E-state index in [-0.39, 0.29) is 0 Å². The van der Waals surface area contributed by atoms with Gasteiger partial charge in [0.05, 0.1) is 31.3 Å². The first kappa shape index (κ1) is 8.90. The van der Waals surface area contributed by atoms with Gasteiger partial charge in [0.2, 0.25) is 0 Å². The molecule has 1 aliphatic rings. The number of anilines is 1. The fourth-order valence-corrected chi connectivity index (χ4v) is 1.50. The predicted octanol–water partition coefficient (Wildman–Crippen LogP) is 1.08. The Labute approximate surface area is 85.1 Å². The van der Waals surface area contributed by atoms with Crippen molar-refractivity contribution in [2.75, 3.05) is 31.2 Å². The summed E-state index contributed by atoms with van der Waals surface area (Å²) in [4.78, 5) is 10.4. The molecule has 0 aliphatic carbocycles. The lowest BCUT2D eigenvalue weighted by Gasteiger charge is -2.27. The molecular weight excluding hydrogens is 234 g/mol. The normalized spacial score (nSPS) is 17.5. The van der Waals surface area contributed by atoms with Crippen LogP contribution in [-0.4, -0.2) is 36.3 Å². The molecule has 0 bridgehead atoms. The third kappa shape index (κ3) is 2.16. The molecule has 2 rings (SSSR count). The highest BCUT2D eigenvalue weighted by Gasteiger charge is 2.11. The Hall–Kier alpha value is -0.680. The Morgan fingerprint density at radius 1 is 1.23 bits per heavy atom. The second kappa shape index (κ2) is 4.02. The van der Waals surface area contributed by atoms with Crippen molar-refractivity contribution < 1.29 is 4.74 Å². The van der Waals surface area contributed by atoms with Crippen LogP contribution in [0, 0.1) is 0 Å².